The summed E-state index contributed by atoms with van der Waals surface area (Å²) in [4.78, 5) is 30.7. The molecule has 1 aromatic rings. The number of anilines is 1. The molecule has 1 aromatic carbocycles. The second-order valence-electron chi connectivity index (χ2n) is 6.87. The molecular formula is C19H28N4O3. The minimum Gasteiger partial charge on any atom is -0.497 e. The Morgan fingerprint density at radius 2 is 1.54 bits per heavy atom. The van der Waals surface area contributed by atoms with Crippen LogP contribution in [-0.2, 0) is 4.79 Å². The minimum atomic E-state index is -0.0361. The second-order valence-corrected chi connectivity index (χ2v) is 6.87. The maximum atomic E-state index is 12.5. The predicted octanol–water partition coefficient (Wildman–Crippen LogP) is 1.86. The van der Waals surface area contributed by atoms with Crippen LogP contribution < -0.4 is 10.1 Å². The van der Waals surface area contributed by atoms with Gasteiger partial charge in [-0.05, 0) is 43.5 Å². The van der Waals surface area contributed by atoms with Crippen LogP contribution in [0.15, 0.2) is 24.3 Å². The second kappa shape index (κ2) is 8.89. The van der Waals surface area contributed by atoms with E-state index in [2.05, 4.69) is 10.2 Å². The molecule has 0 aromatic heterocycles. The molecule has 3 rings (SSSR count). The Kier molecular flexibility index (Phi) is 6.33. The van der Waals surface area contributed by atoms with Gasteiger partial charge in [-0.15, -0.1) is 0 Å². The van der Waals surface area contributed by atoms with Gasteiger partial charge >= 0.3 is 6.03 Å². The molecule has 2 saturated heterocycles. The van der Waals surface area contributed by atoms with Crippen LogP contribution in [0.5, 0.6) is 5.75 Å². The lowest BCUT2D eigenvalue weighted by Gasteiger charge is -2.38. The summed E-state index contributed by atoms with van der Waals surface area (Å²) in [5.74, 6) is 0.725. The number of likely N-dealkylation sites (tertiary alicyclic amines) is 1. The summed E-state index contributed by atoms with van der Waals surface area (Å²) in [7, 11) is 1.61. The van der Waals surface area contributed by atoms with Crippen LogP contribution in [-0.4, -0.2) is 79.6 Å². The van der Waals surface area contributed by atoms with Crippen molar-refractivity contribution in [2.75, 3.05) is 58.2 Å². The fourth-order valence-corrected chi connectivity index (χ4v) is 3.46. The van der Waals surface area contributed by atoms with E-state index in [9.17, 15) is 9.59 Å². The maximum absolute atomic E-state index is 12.5. The number of amides is 3. The lowest BCUT2D eigenvalue weighted by molar-refractivity contribution is -0.117. The van der Waals surface area contributed by atoms with Gasteiger partial charge in [-0.3, -0.25) is 9.69 Å². The average molecular weight is 360 g/mol. The summed E-state index contributed by atoms with van der Waals surface area (Å²) >= 11 is 0. The highest BCUT2D eigenvalue weighted by molar-refractivity contribution is 5.92. The molecule has 0 saturated carbocycles. The molecule has 2 aliphatic heterocycles. The first-order valence-electron chi connectivity index (χ1n) is 9.36. The topological polar surface area (TPSA) is 65.1 Å². The van der Waals surface area contributed by atoms with Crippen molar-refractivity contribution in [2.24, 2.45) is 0 Å². The van der Waals surface area contributed by atoms with Gasteiger partial charge in [0.2, 0.25) is 5.91 Å². The van der Waals surface area contributed by atoms with Gasteiger partial charge in [0.15, 0.2) is 0 Å². The summed E-state index contributed by atoms with van der Waals surface area (Å²) in [5, 5.41) is 2.90. The molecule has 26 heavy (non-hydrogen) atoms. The van der Waals surface area contributed by atoms with Crippen molar-refractivity contribution in [3.63, 3.8) is 0 Å². The highest BCUT2D eigenvalue weighted by Gasteiger charge is 2.26. The van der Waals surface area contributed by atoms with E-state index in [0.29, 0.717) is 19.6 Å². The predicted molar refractivity (Wildman–Crippen MR) is 100 cm³/mol. The lowest BCUT2D eigenvalue weighted by atomic mass is 10.1. The number of methoxy groups -OCH3 is 1. The number of benzene rings is 1. The number of rotatable bonds is 4. The van der Waals surface area contributed by atoms with E-state index in [1.54, 1.807) is 7.11 Å². The fourth-order valence-electron chi connectivity index (χ4n) is 3.46. The molecule has 2 heterocycles. The molecule has 0 radical (unpaired) electrons. The molecule has 2 fully saturated rings. The number of nitrogens with one attached hydrogen (secondary N) is 1. The van der Waals surface area contributed by atoms with E-state index in [1.165, 1.54) is 6.42 Å². The van der Waals surface area contributed by atoms with E-state index in [4.69, 9.17) is 4.74 Å². The Morgan fingerprint density at radius 3 is 2.15 bits per heavy atom. The Labute approximate surface area is 154 Å². The van der Waals surface area contributed by atoms with E-state index in [-0.39, 0.29) is 11.9 Å². The highest BCUT2D eigenvalue weighted by atomic mass is 16.5. The van der Waals surface area contributed by atoms with Crippen molar-refractivity contribution in [1.29, 1.82) is 0 Å². The zero-order valence-electron chi connectivity index (χ0n) is 15.4. The fraction of sp³-hybridized carbons (Fsp3) is 0.579. The van der Waals surface area contributed by atoms with Crippen LogP contribution in [0.2, 0.25) is 0 Å². The number of piperidine rings is 1. The number of nitrogens with zero attached hydrogens (tertiary/aromatic N) is 3. The van der Waals surface area contributed by atoms with Crippen molar-refractivity contribution >= 4 is 17.6 Å². The van der Waals surface area contributed by atoms with E-state index >= 15 is 0 Å². The molecule has 1 N–H and O–H groups in total. The molecule has 0 bridgehead atoms. The summed E-state index contributed by atoms with van der Waals surface area (Å²) < 4.78 is 5.11. The van der Waals surface area contributed by atoms with Gasteiger partial charge in [0.05, 0.1) is 13.7 Å². The van der Waals surface area contributed by atoms with E-state index < -0.39 is 0 Å². The zero-order chi connectivity index (χ0) is 18.4. The van der Waals surface area contributed by atoms with Gasteiger partial charge in [0.1, 0.15) is 5.75 Å². The Hall–Kier alpha value is -2.28. The third-order valence-electron chi connectivity index (χ3n) is 5.01. The largest absolute Gasteiger partial charge is 0.497 e. The molecule has 7 nitrogen and oxygen atoms in total. The number of carbonyl (C=O) groups is 2. The lowest BCUT2D eigenvalue weighted by Crippen LogP contribution is -2.54. The first-order valence-corrected chi connectivity index (χ1v) is 9.36. The SMILES string of the molecule is COc1ccc(NC(=O)CN2CCN(C(=O)N3CCCCC3)CC2)cc1. The van der Waals surface area contributed by atoms with Gasteiger partial charge in [-0.1, -0.05) is 0 Å². The molecule has 0 atom stereocenters. The van der Waals surface area contributed by atoms with Crippen molar-refractivity contribution in [3.05, 3.63) is 24.3 Å². The van der Waals surface area contributed by atoms with Crippen molar-refractivity contribution in [3.8, 4) is 5.75 Å². The van der Waals surface area contributed by atoms with Crippen LogP contribution in [0, 0.1) is 0 Å². The summed E-state index contributed by atoms with van der Waals surface area (Å²) in [6.45, 7) is 4.94. The molecule has 142 valence electrons. The van der Waals surface area contributed by atoms with Crippen LogP contribution in [0.4, 0.5) is 10.5 Å². The van der Waals surface area contributed by atoms with Gasteiger partial charge < -0.3 is 19.9 Å². The van der Waals surface area contributed by atoms with Crippen LogP contribution in [0.3, 0.4) is 0 Å². The van der Waals surface area contributed by atoms with E-state index in [1.807, 2.05) is 34.1 Å². The highest BCUT2D eigenvalue weighted by Crippen LogP contribution is 2.15. The first-order chi connectivity index (χ1) is 12.7. The standard InChI is InChI=1S/C19H28N4O3/c1-26-17-7-5-16(6-8-17)20-18(24)15-21-11-13-23(14-12-21)19(25)22-9-3-2-4-10-22/h5-8H,2-4,9-15H2,1H3,(H,20,24). The molecule has 0 aliphatic carbocycles. The molecule has 3 amide bonds. The van der Waals surface area contributed by atoms with Crippen LogP contribution in [0.1, 0.15) is 19.3 Å². The summed E-state index contributed by atoms with van der Waals surface area (Å²) in [6.07, 6.45) is 3.44. The van der Waals surface area contributed by atoms with Crippen molar-refractivity contribution in [2.45, 2.75) is 19.3 Å². The summed E-state index contributed by atoms with van der Waals surface area (Å²) in [6, 6.07) is 7.45. The van der Waals surface area contributed by atoms with Crippen LogP contribution in [0.25, 0.3) is 0 Å². The molecule has 2 aliphatic rings. The Balaban J connectivity index is 1.41. The molecule has 0 spiro atoms. The quantitative estimate of drug-likeness (QED) is 0.890. The Bertz CT molecular complexity index is 606. The number of hydrogen-bond acceptors (Lipinski definition) is 4. The molecule has 0 unspecified atom stereocenters. The number of ether oxygens (including phenoxy) is 1. The van der Waals surface area contributed by atoms with Crippen LogP contribution >= 0.6 is 0 Å². The first kappa shape index (κ1) is 18.5. The number of carbonyl (C=O) groups excluding carboxylic acids is 2. The van der Waals surface area contributed by atoms with Gasteiger partial charge in [-0.2, -0.15) is 0 Å². The number of urea groups is 1. The maximum Gasteiger partial charge on any atom is 0.320 e. The normalized spacial score (nSPS) is 18.5. The third kappa shape index (κ3) is 4.88. The monoisotopic (exact) mass is 360 g/mol. The van der Waals surface area contributed by atoms with Gasteiger partial charge in [-0.25, -0.2) is 4.79 Å². The smallest absolute Gasteiger partial charge is 0.320 e. The van der Waals surface area contributed by atoms with Gasteiger partial charge in [0.25, 0.3) is 0 Å². The Morgan fingerprint density at radius 1 is 0.923 bits per heavy atom. The molecule has 7 heteroatoms. The van der Waals surface area contributed by atoms with Gasteiger partial charge in [0, 0.05) is 45.0 Å². The number of piperazine rings is 1. The van der Waals surface area contributed by atoms with Crippen molar-refractivity contribution < 1.29 is 14.3 Å². The van der Waals surface area contributed by atoms with E-state index in [0.717, 1.165) is 50.5 Å². The summed E-state index contributed by atoms with van der Waals surface area (Å²) in [5.41, 5.74) is 0.759. The number of hydrogen-bond donors (Lipinski definition) is 1. The minimum absolute atomic E-state index is 0.0361. The third-order valence-corrected chi connectivity index (χ3v) is 5.01. The zero-order valence-corrected chi connectivity index (χ0v) is 15.4. The average Bonchev–Trinajstić information content (AvgIpc) is 2.69. The molecular weight excluding hydrogens is 332 g/mol. The van der Waals surface area contributed by atoms with Crippen molar-refractivity contribution in [1.82, 2.24) is 14.7 Å².